The molecule has 0 radical (unpaired) electrons. The smallest absolute Gasteiger partial charge is 0.326 e. The summed E-state index contributed by atoms with van der Waals surface area (Å²) in [5, 5.41) is 14.1. The maximum absolute atomic E-state index is 13.3. The molecule has 0 saturated carbocycles. The minimum absolute atomic E-state index is 0.217. The fourth-order valence-corrected chi connectivity index (χ4v) is 2.06. The van der Waals surface area contributed by atoms with E-state index >= 15 is 0 Å². The molecule has 0 aromatic heterocycles. The standard InChI is InChI=1S/C14H18BrFN2O3/c1-7-5-9(16)8(15)6-10(7)17-13(21)18-11(12(19)20)14(2,3)4/h5-6,11H,1-4H3,(H,19,20)(H2,17,18,21)/t11-/m1/s1. The third-order valence-electron chi connectivity index (χ3n) is 2.90. The van der Waals surface area contributed by atoms with E-state index in [0.29, 0.717) is 11.3 Å². The van der Waals surface area contributed by atoms with E-state index in [1.54, 1.807) is 27.7 Å². The number of aliphatic carboxylic acids is 1. The van der Waals surface area contributed by atoms with Gasteiger partial charge in [0.15, 0.2) is 0 Å². The lowest BCUT2D eigenvalue weighted by molar-refractivity contribution is -0.141. The maximum Gasteiger partial charge on any atom is 0.326 e. The van der Waals surface area contributed by atoms with E-state index in [-0.39, 0.29) is 4.47 Å². The number of carbonyl (C=O) groups is 2. The fourth-order valence-electron chi connectivity index (χ4n) is 1.72. The van der Waals surface area contributed by atoms with Gasteiger partial charge in [0.25, 0.3) is 0 Å². The van der Waals surface area contributed by atoms with Crippen LogP contribution in [0.4, 0.5) is 14.9 Å². The summed E-state index contributed by atoms with van der Waals surface area (Å²) >= 11 is 3.04. The molecular formula is C14H18BrFN2O3. The number of carboxylic acid groups (broad SMARTS) is 1. The Morgan fingerprint density at radius 3 is 2.38 bits per heavy atom. The predicted molar refractivity (Wildman–Crippen MR) is 81.9 cm³/mol. The van der Waals surface area contributed by atoms with Crippen molar-refractivity contribution in [1.82, 2.24) is 5.32 Å². The lowest BCUT2D eigenvalue weighted by Gasteiger charge is -2.27. The quantitative estimate of drug-likeness (QED) is 0.771. The van der Waals surface area contributed by atoms with Gasteiger partial charge in [-0.3, -0.25) is 0 Å². The second-order valence-corrected chi connectivity index (χ2v) is 6.67. The van der Waals surface area contributed by atoms with Gasteiger partial charge in [-0.25, -0.2) is 14.0 Å². The van der Waals surface area contributed by atoms with Gasteiger partial charge in [-0.2, -0.15) is 0 Å². The van der Waals surface area contributed by atoms with Crippen molar-refractivity contribution >= 4 is 33.6 Å². The van der Waals surface area contributed by atoms with E-state index in [0.717, 1.165) is 0 Å². The Morgan fingerprint density at radius 1 is 1.33 bits per heavy atom. The van der Waals surface area contributed by atoms with Gasteiger partial charge in [0.05, 0.1) is 4.47 Å². The van der Waals surface area contributed by atoms with Crippen LogP contribution in [-0.4, -0.2) is 23.1 Å². The molecule has 3 N–H and O–H groups in total. The molecule has 0 aliphatic carbocycles. The number of hydrogen-bond acceptors (Lipinski definition) is 2. The molecule has 2 amide bonds. The van der Waals surface area contributed by atoms with Crippen LogP contribution >= 0.6 is 15.9 Å². The zero-order chi connectivity index (χ0) is 16.4. The summed E-state index contributed by atoms with van der Waals surface area (Å²) in [5.41, 5.74) is 0.300. The average molecular weight is 361 g/mol. The van der Waals surface area contributed by atoms with Gasteiger partial charge >= 0.3 is 12.0 Å². The summed E-state index contributed by atoms with van der Waals surface area (Å²) in [5.74, 6) is -1.55. The van der Waals surface area contributed by atoms with Gasteiger partial charge in [-0.15, -0.1) is 0 Å². The van der Waals surface area contributed by atoms with Crippen LogP contribution in [0.2, 0.25) is 0 Å². The lowest BCUT2D eigenvalue weighted by Crippen LogP contribution is -2.50. The summed E-state index contributed by atoms with van der Waals surface area (Å²) in [7, 11) is 0. The van der Waals surface area contributed by atoms with E-state index < -0.39 is 29.3 Å². The first kappa shape index (κ1) is 17.4. The van der Waals surface area contributed by atoms with Crippen LogP contribution in [0.5, 0.6) is 0 Å². The summed E-state index contributed by atoms with van der Waals surface area (Å²) in [6.45, 7) is 6.78. The van der Waals surface area contributed by atoms with Gasteiger partial charge in [0.2, 0.25) is 0 Å². The second-order valence-electron chi connectivity index (χ2n) is 5.82. The Hall–Kier alpha value is -1.63. The predicted octanol–water partition coefficient (Wildman–Crippen LogP) is 3.52. The first-order valence-electron chi connectivity index (χ1n) is 6.28. The van der Waals surface area contributed by atoms with Gasteiger partial charge < -0.3 is 15.7 Å². The molecule has 1 atom stereocenters. The van der Waals surface area contributed by atoms with Crippen molar-refractivity contribution in [3.05, 3.63) is 28.0 Å². The number of aryl methyl sites for hydroxylation is 1. The number of carboxylic acids is 1. The number of carbonyl (C=O) groups excluding carboxylic acids is 1. The largest absolute Gasteiger partial charge is 0.480 e. The zero-order valence-electron chi connectivity index (χ0n) is 12.3. The molecule has 0 bridgehead atoms. The molecule has 0 unspecified atom stereocenters. The van der Waals surface area contributed by atoms with Crippen molar-refractivity contribution in [3.63, 3.8) is 0 Å². The SMILES string of the molecule is Cc1cc(F)c(Br)cc1NC(=O)N[C@H](C(=O)O)C(C)(C)C. The zero-order valence-corrected chi connectivity index (χ0v) is 13.8. The molecule has 0 aliphatic heterocycles. The molecule has 21 heavy (non-hydrogen) atoms. The average Bonchev–Trinajstić information content (AvgIpc) is 2.31. The lowest BCUT2D eigenvalue weighted by atomic mass is 9.87. The second kappa shape index (κ2) is 6.43. The third kappa shape index (κ3) is 4.70. The normalized spacial score (nSPS) is 12.7. The molecule has 1 aromatic rings. The van der Waals surface area contributed by atoms with E-state index in [1.165, 1.54) is 12.1 Å². The van der Waals surface area contributed by atoms with E-state index in [1.807, 2.05) is 0 Å². The molecule has 1 aromatic carbocycles. The van der Waals surface area contributed by atoms with Gasteiger partial charge in [-0.05, 0) is 46.0 Å². The highest BCUT2D eigenvalue weighted by Gasteiger charge is 2.32. The Balaban J connectivity index is 2.87. The summed E-state index contributed by atoms with van der Waals surface area (Å²) in [6, 6.07) is 1.01. The molecule has 1 rings (SSSR count). The van der Waals surface area contributed by atoms with Gasteiger partial charge in [-0.1, -0.05) is 20.8 Å². The number of amides is 2. The highest BCUT2D eigenvalue weighted by atomic mass is 79.9. The minimum Gasteiger partial charge on any atom is -0.480 e. The number of urea groups is 1. The molecule has 0 spiro atoms. The van der Waals surface area contributed by atoms with Gasteiger partial charge in [0, 0.05) is 5.69 Å². The molecule has 0 heterocycles. The van der Waals surface area contributed by atoms with Crippen LogP contribution in [0.3, 0.4) is 0 Å². The Morgan fingerprint density at radius 2 is 1.90 bits per heavy atom. The minimum atomic E-state index is -1.12. The van der Waals surface area contributed by atoms with E-state index in [2.05, 4.69) is 26.6 Å². The van der Waals surface area contributed by atoms with Crippen molar-refractivity contribution in [1.29, 1.82) is 0 Å². The molecule has 7 heteroatoms. The van der Waals surface area contributed by atoms with Gasteiger partial charge in [0.1, 0.15) is 11.9 Å². The Bertz CT molecular complexity index is 570. The van der Waals surface area contributed by atoms with E-state index in [4.69, 9.17) is 5.11 Å². The van der Waals surface area contributed by atoms with Crippen molar-refractivity contribution in [2.75, 3.05) is 5.32 Å². The first-order chi connectivity index (χ1) is 9.52. The third-order valence-corrected chi connectivity index (χ3v) is 3.51. The van der Waals surface area contributed by atoms with Crippen LogP contribution in [0.1, 0.15) is 26.3 Å². The first-order valence-corrected chi connectivity index (χ1v) is 7.07. The van der Waals surface area contributed by atoms with Crippen molar-refractivity contribution in [3.8, 4) is 0 Å². The molecule has 5 nitrogen and oxygen atoms in total. The van der Waals surface area contributed by atoms with Crippen molar-refractivity contribution in [2.45, 2.75) is 33.7 Å². The molecule has 0 aliphatic rings. The van der Waals surface area contributed by atoms with Crippen molar-refractivity contribution in [2.24, 2.45) is 5.41 Å². The Kier molecular flexibility index (Phi) is 5.33. The monoisotopic (exact) mass is 360 g/mol. The fraction of sp³-hybridized carbons (Fsp3) is 0.429. The van der Waals surface area contributed by atoms with E-state index in [9.17, 15) is 14.0 Å². The number of rotatable bonds is 3. The highest BCUT2D eigenvalue weighted by Crippen LogP contribution is 2.24. The van der Waals surface area contributed by atoms with Crippen molar-refractivity contribution < 1.29 is 19.1 Å². The number of hydrogen-bond donors (Lipinski definition) is 3. The van der Waals surface area contributed by atoms with Crippen LogP contribution in [0, 0.1) is 18.2 Å². The Labute approximate surface area is 131 Å². The highest BCUT2D eigenvalue weighted by molar-refractivity contribution is 9.10. The van der Waals surface area contributed by atoms with Crippen LogP contribution < -0.4 is 10.6 Å². The van der Waals surface area contributed by atoms with Crippen LogP contribution in [-0.2, 0) is 4.79 Å². The number of nitrogens with one attached hydrogen (secondary N) is 2. The number of anilines is 1. The number of halogens is 2. The summed E-state index contributed by atoms with van der Waals surface area (Å²) < 4.78 is 13.5. The summed E-state index contributed by atoms with van der Waals surface area (Å²) in [4.78, 5) is 23.1. The number of benzene rings is 1. The molecular weight excluding hydrogens is 343 g/mol. The molecule has 0 saturated heterocycles. The van der Waals surface area contributed by atoms with Crippen LogP contribution in [0.25, 0.3) is 0 Å². The maximum atomic E-state index is 13.3. The topological polar surface area (TPSA) is 78.4 Å². The molecule has 0 fully saturated rings. The molecule has 116 valence electrons. The van der Waals surface area contributed by atoms with Crippen LogP contribution in [0.15, 0.2) is 16.6 Å². The summed E-state index contributed by atoms with van der Waals surface area (Å²) in [6.07, 6.45) is 0.